The van der Waals surface area contributed by atoms with E-state index in [1.54, 1.807) is 7.11 Å². The molecule has 6 nitrogen and oxygen atoms in total. The Labute approximate surface area is 175 Å². The van der Waals surface area contributed by atoms with Crippen LogP contribution in [-0.4, -0.2) is 61.6 Å². The SMILES string of the molecule is Br.Br.COc1ccc(-c2cc(C)c(NCCN3CCOCC3)nn2)cc1. The number of halogens is 2. The van der Waals surface area contributed by atoms with Crippen LogP contribution < -0.4 is 10.1 Å². The summed E-state index contributed by atoms with van der Waals surface area (Å²) < 4.78 is 10.5. The lowest BCUT2D eigenvalue weighted by Crippen LogP contribution is -2.39. The summed E-state index contributed by atoms with van der Waals surface area (Å²) in [5.41, 5.74) is 3.00. The highest BCUT2D eigenvalue weighted by Gasteiger charge is 2.10. The number of anilines is 1. The van der Waals surface area contributed by atoms with Gasteiger partial charge in [-0.3, -0.25) is 4.90 Å². The van der Waals surface area contributed by atoms with Crippen LogP contribution in [0.1, 0.15) is 5.56 Å². The lowest BCUT2D eigenvalue weighted by atomic mass is 10.1. The standard InChI is InChI=1S/C18H24N4O2.2BrH/c1-14-13-17(15-3-5-16(23-2)6-4-15)20-21-18(14)19-7-8-22-9-11-24-12-10-22;;/h3-6,13H,7-12H2,1-2H3,(H,19,21);2*1H. The molecule has 2 aromatic rings. The number of rotatable bonds is 6. The summed E-state index contributed by atoms with van der Waals surface area (Å²) >= 11 is 0. The molecular formula is C18H26Br2N4O2. The normalized spacial score (nSPS) is 14.1. The first-order valence-electron chi connectivity index (χ1n) is 8.29. The molecule has 0 saturated carbocycles. The smallest absolute Gasteiger partial charge is 0.151 e. The van der Waals surface area contributed by atoms with Crippen molar-refractivity contribution in [2.45, 2.75) is 6.92 Å². The van der Waals surface area contributed by atoms with E-state index in [0.29, 0.717) is 0 Å². The van der Waals surface area contributed by atoms with Crippen molar-refractivity contribution in [3.8, 4) is 17.0 Å². The van der Waals surface area contributed by atoms with Gasteiger partial charge in [0.1, 0.15) is 5.75 Å². The van der Waals surface area contributed by atoms with E-state index < -0.39 is 0 Å². The molecule has 0 amide bonds. The molecule has 8 heteroatoms. The van der Waals surface area contributed by atoms with Gasteiger partial charge >= 0.3 is 0 Å². The van der Waals surface area contributed by atoms with Crippen LogP contribution in [0.3, 0.4) is 0 Å². The second-order valence-corrected chi connectivity index (χ2v) is 5.87. The maximum Gasteiger partial charge on any atom is 0.151 e. The zero-order chi connectivity index (χ0) is 16.8. The number of aromatic nitrogens is 2. The number of nitrogens with zero attached hydrogens (tertiary/aromatic N) is 3. The van der Waals surface area contributed by atoms with Gasteiger partial charge in [-0.1, -0.05) is 0 Å². The first-order valence-corrected chi connectivity index (χ1v) is 8.29. The van der Waals surface area contributed by atoms with Crippen molar-refractivity contribution in [1.29, 1.82) is 0 Å². The molecule has 0 aliphatic carbocycles. The molecule has 0 atom stereocenters. The van der Waals surface area contributed by atoms with Crippen molar-refractivity contribution >= 4 is 39.8 Å². The van der Waals surface area contributed by atoms with Gasteiger partial charge in [-0.25, -0.2) is 0 Å². The largest absolute Gasteiger partial charge is 0.497 e. The van der Waals surface area contributed by atoms with E-state index >= 15 is 0 Å². The summed E-state index contributed by atoms with van der Waals surface area (Å²) in [6, 6.07) is 9.91. The van der Waals surface area contributed by atoms with Crippen molar-refractivity contribution in [2.75, 3.05) is 51.8 Å². The number of aryl methyl sites for hydroxylation is 1. The minimum atomic E-state index is 0. The number of ether oxygens (including phenoxy) is 2. The van der Waals surface area contributed by atoms with Crippen LogP contribution in [0, 0.1) is 6.92 Å². The van der Waals surface area contributed by atoms with Gasteiger partial charge in [-0.15, -0.1) is 44.2 Å². The molecule has 1 aromatic heterocycles. The summed E-state index contributed by atoms with van der Waals surface area (Å²) in [6.07, 6.45) is 0. The van der Waals surface area contributed by atoms with Gasteiger partial charge in [-0.05, 0) is 42.8 Å². The second-order valence-electron chi connectivity index (χ2n) is 5.87. The first-order chi connectivity index (χ1) is 11.8. The summed E-state index contributed by atoms with van der Waals surface area (Å²) in [7, 11) is 1.66. The molecule has 1 fully saturated rings. The highest BCUT2D eigenvalue weighted by atomic mass is 79.9. The van der Waals surface area contributed by atoms with Crippen molar-refractivity contribution < 1.29 is 9.47 Å². The van der Waals surface area contributed by atoms with Gasteiger partial charge in [0.05, 0.1) is 26.0 Å². The number of benzene rings is 1. The third-order valence-corrected chi connectivity index (χ3v) is 4.19. The van der Waals surface area contributed by atoms with Crippen LogP contribution in [0.15, 0.2) is 30.3 Å². The Morgan fingerprint density at radius 1 is 1.12 bits per heavy atom. The molecule has 0 radical (unpaired) electrons. The summed E-state index contributed by atoms with van der Waals surface area (Å²) in [4.78, 5) is 2.39. The molecule has 0 unspecified atom stereocenters. The quantitative estimate of drug-likeness (QED) is 0.671. The third-order valence-electron chi connectivity index (χ3n) is 4.19. The fourth-order valence-electron chi connectivity index (χ4n) is 2.72. The Kier molecular flexibility index (Phi) is 10.1. The minimum Gasteiger partial charge on any atom is -0.497 e. The second kappa shape index (κ2) is 11.5. The van der Waals surface area contributed by atoms with Crippen LogP contribution in [0.4, 0.5) is 5.82 Å². The Morgan fingerprint density at radius 2 is 1.81 bits per heavy atom. The van der Waals surface area contributed by atoms with Crippen LogP contribution >= 0.6 is 34.0 Å². The monoisotopic (exact) mass is 488 g/mol. The van der Waals surface area contributed by atoms with E-state index in [-0.39, 0.29) is 34.0 Å². The van der Waals surface area contributed by atoms with E-state index in [2.05, 4.69) is 33.4 Å². The average molecular weight is 490 g/mol. The molecule has 0 bridgehead atoms. The highest BCUT2D eigenvalue weighted by molar-refractivity contribution is 8.93. The predicted molar refractivity (Wildman–Crippen MR) is 115 cm³/mol. The van der Waals surface area contributed by atoms with E-state index in [0.717, 1.165) is 67.8 Å². The van der Waals surface area contributed by atoms with Gasteiger partial charge in [-0.2, -0.15) is 0 Å². The van der Waals surface area contributed by atoms with Crippen LogP contribution in [0.5, 0.6) is 5.75 Å². The van der Waals surface area contributed by atoms with E-state index in [1.165, 1.54) is 0 Å². The molecule has 1 saturated heterocycles. The van der Waals surface area contributed by atoms with Gasteiger partial charge < -0.3 is 14.8 Å². The fraction of sp³-hybridized carbons (Fsp3) is 0.444. The number of morpholine rings is 1. The molecule has 1 aliphatic heterocycles. The fourth-order valence-corrected chi connectivity index (χ4v) is 2.72. The van der Waals surface area contributed by atoms with Gasteiger partial charge in [0.15, 0.2) is 5.82 Å². The van der Waals surface area contributed by atoms with Gasteiger partial charge in [0.25, 0.3) is 0 Å². The first kappa shape index (κ1) is 22.8. The molecule has 26 heavy (non-hydrogen) atoms. The number of hydrogen-bond donors (Lipinski definition) is 1. The Bertz CT molecular complexity index is 665. The van der Waals surface area contributed by atoms with E-state index in [1.807, 2.05) is 24.3 Å². The summed E-state index contributed by atoms with van der Waals surface area (Å²) in [5.74, 6) is 1.69. The summed E-state index contributed by atoms with van der Waals surface area (Å²) in [5, 5.41) is 12.1. The van der Waals surface area contributed by atoms with Gasteiger partial charge in [0, 0.05) is 31.7 Å². The molecule has 1 aromatic carbocycles. The van der Waals surface area contributed by atoms with Crippen molar-refractivity contribution in [2.24, 2.45) is 0 Å². The summed E-state index contributed by atoms with van der Waals surface area (Å²) in [6.45, 7) is 7.57. The van der Waals surface area contributed by atoms with E-state index in [4.69, 9.17) is 9.47 Å². The zero-order valence-corrected chi connectivity index (χ0v) is 18.5. The van der Waals surface area contributed by atoms with Gasteiger partial charge in [0.2, 0.25) is 0 Å². The molecule has 0 spiro atoms. The van der Waals surface area contributed by atoms with E-state index in [9.17, 15) is 0 Å². The maximum absolute atomic E-state index is 5.36. The number of hydrogen-bond acceptors (Lipinski definition) is 6. The molecule has 2 heterocycles. The lowest BCUT2D eigenvalue weighted by molar-refractivity contribution is 0.0398. The number of nitrogens with one attached hydrogen (secondary N) is 1. The van der Waals surface area contributed by atoms with Crippen LogP contribution in [0.25, 0.3) is 11.3 Å². The number of methoxy groups -OCH3 is 1. The van der Waals surface area contributed by atoms with Crippen LogP contribution in [-0.2, 0) is 4.74 Å². The molecular weight excluding hydrogens is 464 g/mol. The molecule has 1 aliphatic rings. The van der Waals surface area contributed by atoms with Crippen LogP contribution in [0.2, 0.25) is 0 Å². The molecule has 144 valence electrons. The Morgan fingerprint density at radius 3 is 2.42 bits per heavy atom. The third kappa shape index (κ3) is 6.19. The lowest BCUT2D eigenvalue weighted by Gasteiger charge is -2.26. The topological polar surface area (TPSA) is 59.5 Å². The Balaban J connectivity index is 0.00000169. The van der Waals surface area contributed by atoms with Crippen molar-refractivity contribution in [3.63, 3.8) is 0 Å². The predicted octanol–water partition coefficient (Wildman–Crippen LogP) is 3.36. The Hall–Kier alpha value is -1.22. The maximum atomic E-state index is 5.36. The minimum absolute atomic E-state index is 0. The highest BCUT2D eigenvalue weighted by Crippen LogP contribution is 2.22. The van der Waals surface area contributed by atoms with Crippen molar-refractivity contribution in [3.05, 3.63) is 35.9 Å². The molecule has 1 N–H and O–H groups in total. The molecule has 3 rings (SSSR count). The van der Waals surface area contributed by atoms with Crippen molar-refractivity contribution in [1.82, 2.24) is 15.1 Å². The zero-order valence-electron chi connectivity index (χ0n) is 15.1. The average Bonchev–Trinajstić information content (AvgIpc) is 2.64.